The second-order valence-electron chi connectivity index (χ2n) is 6.54. The summed E-state index contributed by atoms with van der Waals surface area (Å²) < 4.78 is 0. The Morgan fingerprint density at radius 3 is 2.00 bits per heavy atom. The summed E-state index contributed by atoms with van der Waals surface area (Å²) in [7, 11) is 0. The molecule has 2 N–H and O–H groups in total. The van der Waals surface area contributed by atoms with E-state index in [2.05, 4.69) is 52.2 Å². The summed E-state index contributed by atoms with van der Waals surface area (Å²) in [4.78, 5) is 11.7. The molecule has 17 heavy (non-hydrogen) atoms. The molecule has 3 nitrogen and oxygen atoms in total. The van der Waals surface area contributed by atoms with E-state index in [1.54, 1.807) is 0 Å². The van der Waals surface area contributed by atoms with Crippen LogP contribution in [0, 0.1) is 17.3 Å². The molecule has 0 radical (unpaired) electrons. The van der Waals surface area contributed by atoms with Gasteiger partial charge in [0.25, 0.3) is 0 Å². The molecule has 3 heteroatoms. The van der Waals surface area contributed by atoms with Crippen LogP contribution >= 0.6 is 0 Å². The fourth-order valence-corrected chi connectivity index (χ4v) is 1.21. The Morgan fingerprint density at radius 1 is 1.06 bits per heavy atom. The van der Waals surface area contributed by atoms with Gasteiger partial charge in [0.15, 0.2) is 0 Å². The third-order valence-electron chi connectivity index (χ3n) is 3.29. The highest BCUT2D eigenvalue weighted by atomic mass is 16.2. The maximum absolute atomic E-state index is 11.7. The van der Waals surface area contributed by atoms with Gasteiger partial charge in [0.1, 0.15) is 0 Å². The molecule has 0 heterocycles. The van der Waals surface area contributed by atoms with Crippen molar-refractivity contribution in [2.75, 3.05) is 13.1 Å². The van der Waals surface area contributed by atoms with Crippen molar-refractivity contribution in [2.45, 2.75) is 54.5 Å². The molecule has 0 rings (SSSR count). The van der Waals surface area contributed by atoms with Crippen LogP contribution < -0.4 is 10.6 Å². The van der Waals surface area contributed by atoms with E-state index in [9.17, 15) is 4.79 Å². The van der Waals surface area contributed by atoms with Gasteiger partial charge in [-0.1, -0.05) is 41.5 Å². The number of carbonyl (C=O) groups is 1. The monoisotopic (exact) mass is 242 g/mol. The van der Waals surface area contributed by atoms with E-state index in [4.69, 9.17) is 0 Å². The van der Waals surface area contributed by atoms with Gasteiger partial charge < -0.3 is 10.6 Å². The number of nitrogens with one attached hydrogen (secondary N) is 2. The molecular weight excluding hydrogens is 212 g/mol. The van der Waals surface area contributed by atoms with Crippen molar-refractivity contribution in [3.63, 3.8) is 0 Å². The molecule has 102 valence electrons. The van der Waals surface area contributed by atoms with Crippen LogP contribution in [0.2, 0.25) is 0 Å². The molecule has 2 atom stereocenters. The molecule has 0 aromatic heterocycles. The number of amides is 1. The Hall–Kier alpha value is -0.570. The lowest BCUT2D eigenvalue weighted by Crippen LogP contribution is -2.45. The van der Waals surface area contributed by atoms with E-state index >= 15 is 0 Å². The highest BCUT2D eigenvalue weighted by Gasteiger charge is 2.21. The third-order valence-corrected chi connectivity index (χ3v) is 3.29. The zero-order chi connectivity index (χ0) is 13.6. The van der Waals surface area contributed by atoms with Crippen molar-refractivity contribution < 1.29 is 4.79 Å². The van der Waals surface area contributed by atoms with Gasteiger partial charge in [-0.3, -0.25) is 4.79 Å². The molecule has 0 aliphatic heterocycles. The minimum atomic E-state index is -0.112. The molecule has 0 fully saturated rings. The van der Waals surface area contributed by atoms with E-state index in [0.717, 1.165) is 13.1 Å². The first-order chi connectivity index (χ1) is 7.64. The minimum absolute atomic E-state index is 0.0970. The first-order valence-corrected chi connectivity index (χ1v) is 6.65. The maximum atomic E-state index is 11.7. The zero-order valence-electron chi connectivity index (χ0n) is 12.6. The lowest BCUT2D eigenvalue weighted by molar-refractivity contribution is -0.123. The fraction of sp³-hybridized carbons (Fsp3) is 0.929. The topological polar surface area (TPSA) is 41.1 Å². The summed E-state index contributed by atoms with van der Waals surface area (Å²) in [5.74, 6) is 1.14. The summed E-state index contributed by atoms with van der Waals surface area (Å²) in [5.41, 5.74) is 0.279. The normalized spacial score (nSPS) is 15.8. The summed E-state index contributed by atoms with van der Waals surface area (Å²) in [6, 6.07) is -0.112. The van der Waals surface area contributed by atoms with Crippen molar-refractivity contribution in [1.29, 1.82) is 0 Å². The predicted octanol–water partition coefficient (Wildman–Crippen LogP) is 2.42. The smallest absolute Gasteiger partial charge is 0.236 e. The Balaban J connectivity index is 3.93. The van der Waals surface area contributed by atoms with Gasteiger partial charge in [-0.25, -0.2) is 0 Å². The van der Waals surface area contributed by atoms with Gasteiger partial charge in [-0.05, 0) is 30.7 Å². The first-order valence-electron chi connectivity index (χ1n) is 6.65. The van der Waals surface area contributed by atoms with Crippen molar-refractivity contribution in [1.82, 2.24) is 10.6 Å². The first kappa shape index (κ1) is 16.4. The second kappa shape index (κ2) is 7.00. The molecule has 0 aromatic rings. The van der Waals surface area contributed by atoms with Crippen molar-refractivity contribution in [2.24, 2.45) is 17.3 Å². The maximum Gasteiger partial charge on any atom is 0.236 e. The van der Waals surface area contributed by atoms with Gasteiger partial charge in [0, 0.05) is 6.54 Å². The van der Waals surface area contributed by atoms with Crippen LogP contribution in [0.1, 0.15) is 48.5 Å². The van der Waals surface area contributed by atoms with Gasteiger partial charge in [0.2, 0.25) is 5.91 Å². The van der Waals surface area contributed by atoms with Crippen LogP contribution in [0.15, 0.2) is 0 Å². The van der Waals surface area contributed by atoms with Gasteiger partial charge in [-0.15, -0.1) is 0 Å². The molecule has 0 saturated carbocycles. The van der Waals surface area contributed by atoms with E-state index < -0.39 is 0 Å². The average Bonchev–Trinajstić information content (AvgIpc) is 2.20. The molecule has 0 aliphatic rings. The zero-order valence-corrected chi connectivity index (χ0v) is 12.6. The van der Waals surface area contributed by atoms with E-state index in [1.807, 2.05) is 6.92 Å². The van der Waals surface area contributed by atoms with Crippen molar-refractivity contribution >= 4 is 5.91 Å². The van der Waals surface area contributed by atoms with Gasteiger partial charge in [-0.2, -0.15) is 0 Å². The second-order valence-corrected chi connectivity index (χ2v) is 6.54. The molecule has 0 spiro atoms. The highest BCUT2D eigenvalue weighted by molar-refractivity contribution is 5.81. The molecule has 0 bridgehead atoms. The van der Waals surface area contributed by atoms with Gasteiger partial charge >= 0.3 is 0 Å². The molecule has 0 aliphatic carbocycles. The van der Waals surface area contributed by atoms with Crippen LogP contribution in [0.25, 0.3) is 0 Å². The lowest BCUT2D eigenvalue weighted by atomic mass is 9.82. The molecule has 1 amide bonds. The van der Waals surface area contributed by atoms with Crippen LogP contribution in [-0.4, -0.2) is 25.0 Å². The molecule has 0 saturated heterocycles. The van der Waals surface area contributed by atoms with Crippen LogP contribution in [0.5, 0.6) is 0 Å². The Kier molecular flexibility index (Phi) is 6.76. The standard InChI is InChI=1S/C14H30N2O/c1-10(2)8-16-13(17)12(4)15-9-11(3)14(5,6)7/h10-12,15H,8-9H2,1-7H3,(H,16,17). The van der Waals surface area contributed by atoms with Crippen LogP contribution in [0.3, 0.4) is 0 Å². The number of hydrogen-bond donors (Lipinski definition) is 2. The number of rotatable bonds is 6. The fourth-order valence-electron chi connectivity index (χ4n) is 1.21. The Morgan fingerprint density at radius 2 is 1.59 bits per heavy atom. The molecular formula is C14H30N2O. The number of hydrogen-bond acceptors (Lipinski definition) is 2. The number of carbonyl (C=O) groups excluding carboxylic acids is 1. The predicted molar refractivity (Wildman–Crippen MR) is 73.9 cm³/mol. The van der Waals surface area contributed by atoms with E-state index in [-0.39, 0.29) is 17.4 Å². The quantitative estimate of drug-likeness (QED) is 0.751. The van der Waals surface area contributed by atoms with E-state index in [0.29, 0.717) is 11.8 Å². The van der Waals surface area contributed by atoms with Gasteiger partial charge in [0.05, 0.1) is 6.04 Å². The largest absolute Gasteiger partial charge is 0.354 e. The average molecular weight is 242 g/mol. The lowest BCUT2D eigenvalue weighted by Gasteiger charge is -2.28. The molecule has 2 unspecified atom stereocenters. The summed E-state index contributed by atoms with van der Waals surface area (Å²) in [5, 5.41) is 6.24. The molecule has 0 aromatic carbocycles. The highest BCUT2D eigenvalue weighted by Crippen LogP contribution is 2.24. The van der Waals surface area contributed by atoms with E-state index in [1.165, 1.54) is 0 Å². The Bertz CT molecular complexity index is 231. The summed E-state index contributed by atoms with van der Waals surface area (Å²) in [6.45, 7) is 16.6. The summed E-state index contributed by atoms with van der Waals surface area (Å²) in [6.07, 6.45) is 0. The van der Waals surface area contributed by atoms with Crippen LogP contribution in [-0.2, 0) is 4.79 Å². The summed E-state index contributed by atoms with van der Waals surface area (Å²) >= 11 is 0. The SMILES string of the molecule is CC(C)CNC(=O)C(C)NCC(C)C(C)(C)C. The minimum Gasteiger partial charge on any atom is -0.354 e. The third kappa shape index (κ3) is 7.37. The van der Waals surface area contributed by atoms with Crippen molar-refractivity contribution in [3.05, 3.63) is 0 Å². The van der Waals surface area contributed by atoms with Crippen molar-refractivity contribution in [3.8, 4) is 0 Å². The Labute approximate surface area is 107 Å². The van der Waals surface area contributed by atoms with Crippen LogP contribution in [0.4, 0.5) is 0 Å².